The Morgan fingerprint density at radius 3 is 2.67 bits per heavy atom. The molecule has 7 heteroatoms. The van der Waals surface area contributed by atoms with E-state index in [1.165, 1.54) is 6.33 Å². The molecular weight excluding hydrogens is 306 g/mol. The second-order valence-corrected chi connectivity index (χ2v) is 5.84. The van der Waals surface area contributed by atoms with E-state index in [1.807, 2.05) is 26.0 Å². The van der Waals surface area contributed by atoms with Crippen LogP contribution in [0.5, 0.6) is 11.6 Å². The minimum absolute atomic E-state index is 0.144. The number of rotatable bonds is 5. The first kappa shape index (κ1) is 16.4. The summed E-state index contributed by atoms with van der Waals surface area (Å²) in [5, 5.41) is 6.59. The SMILES string of the molecule is COc1c(Nc2ccc(C)nc2C)ncnc1OC1CCNCC1. The molecule has 0 bridgehead atoms. The van der Waals surface area contributed by atoms with Gasteiger partial charge in [0.1, 0.15) is 12.4 Å². The van der Waals surface area contributed by atoms with Crippen LogP contribution < -0.4 is 20.1 Å². The van der Waals surface area contributed by atoms with Gasteiger partial charge in [-0.25, -0.2) is 4.98 Å². The van der Waals surface area contributed by atoms with Gasteiger partial charge in [-0.3, -0.25) is 4.98 Å². The molecule has 0 aliphatic carbocycles. The maximum atomic E-state index is 6.03. The van der Waals surface area contributed by atoms with Gasteiger partial charge < -0.3 is 20.1 Å². The van der Waals surface area contributed by atoms with Crippen molar-refractivity contribution in [2.45, 2.75) is 32.8 Å². The first-order valence-corrected chi connectivity index (χ1v) is 8.15. The molecule has 1 fully saturated rings. The quantitative estimate of drug-likeness (QED) is 0.871. The molecule has 0 amide bonds. The van der Waals surface area contributed by atoms with Gasteiger partial charge in [0.15, 0.2) is 5.82 Å². The van der Waals surface area contributed by atoms with Gasteiger partial charge in [-0.2, -0.15) is 4.98 Å². The molecule has 0 saturated carbocycles. The number of nitrogens with one attached hydrogen (secondary N) is 2. The molecule has 128 valence electrons. The average molecular weight is 329 g/mol. The molecule has 24 heavy (non-hydrogen) atoms. The lowest BCUT2D eigenvalue weighted by Gasteiger charge is -2.24. The molecule has 0 unspecified atom stereocenters. The summed E-state index contributed by atoms with van der Waals surface area (Å²) in [6.45, 7) is 5.83. The number of methoxy groups -OCH3 is 1. The van der Waals surface area contributed by atoms with Crippen molar-refractivity contribution >= 4 is 11.5 Å². The van der Waals surface area contributed by atoms with E-state index in [0.717, 1.165) is 43.0 Å². The van der Waals surface area contributed by atoms with Crippen LogP contribution in [-0.2, 0) is 0 Å². The van der Waals surface area contributed by atoms with Gasteiger partial charge in [0.05, 0.1) is 18.5 Å². The second kappa shape index (κ2) is 7.44. The molecule has 0 radical (unpaired) electrons. The van der Waals surface area contributed by atoms with Crippen molar-refractivity contribution in [2.75, 3.05) is 25.5 Å². The van der Waals surface area contributed by atoms with Crippen LogP contribution in [0.4, 0.5) is 11.5 Å². The van der Waals surface area contributed by atoms with Gasteiger partial charge in [-0.05, 0) is 51.9 Å². The smallest absolute Gasteiger partial charge is 0.262 e. The Hall–Kier alpha value is -2.41. The molecule has 2 aromatic heterocycles. The fourth-order valence-corrected chi connectivity index (χ4v) is 2.73. The van der Waals surface area contributed by atoms with E-state index in [-0.39, 0.29) is 6.10 Å². The highest BCUT2D eigenvalue weighted by Crippen LogP contribution is 2.34. The van der Waals surface area contributed by atoms with Crippen molar-refractivity contribution in [3.63, 3.8) is 0 Å². The van der Waals surface area contributed by atoms with Crippen LogP contribution >= 0.6 is 0 Å². The summed E-state index contributed by atoms with van der Waals surface area (Å²) in [5.74, 6) is 1.56. The Morgan fingerprint density at radius 1 is 1.17 bits per heavy atom. The fraction of sp³-hybridized carbons (Fsp3) is 0.471. The lowest BCUT2D eigenvalue weighted by atomic mass is 10.1. The van der Waals surface area contributed by atoms with E-state index in [2.05, 4.69) is 25.6 Å². The van der Waals surface area contributed by atoms with E-state index in [9.17, 15) is 0 Å². The Labute approximate surface area is 141 Å². The summed E-state index contributed by atoms with van der Waals surface area (Å²) in [4.78, 5) is 13.0. The van der Waals surface area contributed by atoms with E-state index in [1.54, 1.807) is 7.11 Å². The molecular formula is C17H23N5O2. The second-order valence-electron chi connectivity index (χ2n) is 5.84. The molecule has 3 heterocycles. The summed E-state index contributed by atoms with van der Waals surface area (Å²) in [5.41, 5.74) is 2.75. The lowest BCUT2D eigenvalue weighted by molar-refractivity contribution is 0.149. The van der Waals surface area contributed by atoms with E-state index in [0.29, 0.717) is 17.4 Å². The van der Waals surface area contributed by atoms with Crippen LogP contribution in [0, 0.1) is 13.8 Å². The molecule has 1 aliphatic heterocycles. The van der Waals surface area contributed by atoms with Crippen LogP contribution in [0.3, 0.4) is 0 Å². The molecule has 3 rings (SSSR count). The summed E-state index contributed by atoms with van der Waals surface area (Å²) in [7, 11) is 1.60. The van der Waals surface area contributed by atoms with Crippen molar-refractivity contribution in [3.05, 3.63) is 29.8 Å². The van der Waals surface area contributed by atoms with Crippen LogP contribution in [-0.4, -0.2) is 41.3 Å². The number of pyridine rings is 1. The molecule has 2 N–H and O–H groups in total. The lowest BCUT2D eigenvalue weighted by Crippen LogP contribution is -2.34. The van der Waals surface area contributed by atoms with Crippen LogP contribution in [0.1, 0.15) is 24.2 Å². The summed E-state index contributed by atoms with van der Waals surface area (Å²) in [6, 6.07) is 3.93. The monoisotopic (exact) mass is 329 g/mol. The highest BCUT2D eigenvalue weighted by atomic mass is 16.5. The number of anilines is 2. The largest absolute Gasteiger partial charge is 0.489 e. The Balaban J connectivity index is 1.83. The average Bonchev–Trinajstić information content (AvgIpc) is 2.58. The van der Waals surface area contributed by atoms with Gasteiger partial charge in [-0.15, -0.1) is 0 Å². The number of nitrogens with zero attached hydrogens (tertiary/aromatic N) is 3. The Kier molecular flexibility index (Phi) is 5.10. The molecule has 1 aliphatic rings. The van der Waals surface area contributed by atoms with Crippen LogP contribution in [0.2, 0.25) is 0 Å². The summed E-state index contributed by atoms with van der Waals surface area (Å²) in [6.07, 6.45) is 3.54. The standard InChI is InChI=1S/C17H23N5O2/c1-11-4-5-14(12(2)21-11)22-16-15(23-3)17(20-10-19-16)24-13-6-8-18-9-7-13/h4-5,10,13,18H,6-9H2,1-3H3,(H,19,20,22). The van der Waals surface area contributed by atoms with Gasteiger partial charge >= 0.3 is 0 Å². The first-order valence-electron chi connectivity index (χ1n) is 8.15. The highest BCUT2D eigenvalue weighted by molar-refractivity contribution is 5.66. The molecule has 0 aromatic carbocycles. The van der Waals surface area contributed by atoms with Crippen molar-refractivity contribution in [2.24, 2.45) is 0 Å². The van der Waals surface area contributed by atoms with E-state index < -0.39 is 0 Å². The third kappa shape index (κ3) is 3.73. The third-order valence-electron chi connectivity index (χ3n) is 4.02. The zero-order chi connectivity index (χ0) is 16.9. The number of ether oxygens (including phenoxy) is 2. The predicted molar refractivity (Wildman–Crippen MR) is 92.1 cm³/mol. The number of aromatic nitrogens is 3. The Morgan fingerprint density at radius 2 is 1.96 bits per heavy atom. The van der Waals surface area contributed by atoms with Crippen molar-refractivity contribution < 1.29 is 9.47 Å². The Bertz CT molecular complexity index is 701. The molecule has 0 atom stereocenters. The molecule has 7 nitrogen and oxygen atoms in total. The number of piperidine rings is 1. The fourth-order valence-electron chi connectivity index (χ4n) is 2.73. The third-order valence-corrected chi connectivity index (χ3v) is 4.02. The minimum atomic E-state index is 0.144. The zero-order valence-electron chi connectivity index (χ0n) is 14.3. The number of aryl methyl sites for hydroxylation is 2. The zero-order valence-corrected chi connectivity index (χ0v) is 14.3. The van der Waals surface area contributed by atoms with Gasteiger partial charge in [-0.1, -0.05) is 0 Å². The van der Waals surface area contributed by atoms with Crippen molar-refractivity contribution in [1.29, 1.82) is 0 Å². The maximum absolute atomic E-state index is 6.03. The van der Waals surface area contributed by atoms with Crippen LogP contribution in [0.25, 0.3) is 0 Å². The number of hydrogen-bond acceptors (Lipinski definition) is 7. The number of hydrogen-bond donors (Lipinski definition) is 2. The van der Waals surface area contributed by atoms with Gasteiger partial charge in [0.25, 0.3) is 5.88 Å². The van der Waals surface area contributed by atoms with Gasteiger partial charge in [0.2, 0.25) is 5.75 Å². The highest BCUT2D eigenvalue weighted by Gasteiger charge is 2.20. The van der Waals surface area contributed by atoms with Crippen molar-refractivity contribution in [1.82, 2.24) is 20.3 Å². The molecule has 1 saturated heterocycles. The van der Waals surface area contributed by atoms with Crippen molar-refractivity contribution in [3.8, 4) is 11.6 Å². The minimum Gasteiger partial charge on any atom is -0.489 e. The molecule has 0 spiro atoms. The topological polar surface area (TPSA) is 81.2 Å². The first-order chi connectivity index (χ1) is 11.7. The summed E-state index contributed by atoms with van der Waals surface area (Å²) < 4.78 is 11.5. The van der Waals surface area contributed by atoms with Crippen LogP contribution in [0.15, 0.2) is 18.5 Å². The molecule has 2 aromatic rings. The normalized spacial score (nSPS) is 15.1. The maximum Gasteiger partial charge on any atom is 0.262 e. The van der Waals surface area contributed by atoms with Gasteiger partial charge in [0, 0.05) is 5.69 Å². The van der Waals surface area contributed by atoms with E-state index in [4.69, 9.17) is 9.47 Å². The predicted octanol–water partition coefficient (Wildman–Crippen LogP) is 2.37. The summed E-state index contributed by atoms with van der Waals surface area (Å²) >= 11 is 0. The van der Waals surface area contributed by atoms with E-state index >= 15 is 0 Å².